The molecule has 1 aromatic heterocycles. The molecule has 0 spiro atoms. The smallest absolute Gasteiger partial charge is 0.234 e. The van der Waals surface area contributed by atoms with Gasteiger partial charge in [0.15, 0.2) is 5.16 Å². The molecule has 2 aromatic carbocycles. The van der Waals surface area contributed by atoms with E-state index in [9.17, 15) is 4.79 Å². The van der Waals surface area contributed by atoms with Gasteiger partial charge in [-0.1, -0.05) is 36.0 Å². The molecular weight excluding hydrogens is 414 g/mol. The number of morpholine rings is 1. The van der Waals surface area contributed by atoms with E-state index in [4.69, 9.17) is 9.47 Å². The number of carbonyl (C=O) groups excluding carboxylic acids is 1. The Kier molecular flexibility index (Phi) is 6.73. The third kappa shape index (κ3) is 5.00. The summed E-state index contributed by atoms with van der Waals surface area (Å²) in [5, 5.41) is 12.4. The van der Waals surface area contributed by atoms with E-state index in [1.54, 1.807) is 13.2 Å². The number of hydrogen-bond donors (Lipinski definition) is 1. The Bertz CT molecular complexity index is 1050. The lowest BCUT2D eigenvalue weighted by Gasteiger charge is -2.28. The van der Waals surface area contributed by atoms with Crippen molar-refractivity contribution >= 4 is 29.3 Å². The van der Waals surface area contributed by atoms with Crippen molar-refractivity contribution in [3.8, 4) is 11.4 Å². The van der Waals surface area contributed by atoms with Crippen LogP contribution in [-0.2, 0) is 9.53 Å². The fourth-order valence-corrected chi connectivity index (χ4v) is 4.12. The number of benzene rings is 2. The van der Waals surface area contributed by atoms with Crippen molar-refractivity contribution in [1.29, 1.82) is 0 Å². The lowest BCUT2D eigenvalue weighted by Crippen LogP contribution is -2.38. The molecule has 1 amide bonds. The maximum atomic E-state index is 12.6. The first-order valence-electron chi connectivity index (χ1n) is 10.1. The van der Waals surface area contributed by atoms with Crippen molar-refractivity contribution in [2.45, 2.75) is 12.1 Å². The van der Waals surface area contributed by atoms with E-state index in [2.05, 4.69) is 33.4 Å². The van der Waals surface area contributed by atoms with Gasteiger partial charge in [-0.05, 0) is 30.7 Å². The molecule has 2 heterocycles. The normalized spacial score (nSPS) is 13.8. The molecule has 0 aliphatic carbocycles. The van der Waals surface area contributed by atoms with E-state index < -0.39 is 0 Å². The fraction of sp³-hybridized carbons (Fsp3) is 0.318. The van der Waals surface area contributed by atoms with Crippen LogP contribution in [0.25, 0.3) is 5.69 Å². The predicted molar refractivity (Wildman–Crippen MR) is 121 cm³/mol. The Hall–Kier alpha value is -3.04. The van der Waals surface area contributed by atoms with Gasteiger partial charge in [-0.15, -0.1) is 10.2 Å². The SMILES string of the molecule is COc1cccc(NC(=O)CSc2nnc(N3CCOCC3)n2-c2ccccc2C)c1. The second kappa shape index (κ2) is 9.84. The average Bonchev–Trinajstić information content (AvgIpc) is 3.22. The Morgan fingerprint density at radius 3 is 2.74 bits per heavy atom. The van der Waals surface area contributed by atoms with Crippen molar-refractivity contribution in [2.75, 3.05) is 49.4 Å². The van der Waals surface area contributed by atoms with Crippen LogP contribution in [0.4, 0.5) is 11.6 Å². The minimum absolute atomic E-state index is 0.120. The molecule has 1 N–H and O–H groups in total. The molecule has 1 saturated heterocycles. The predicted octanol–water partition coefficient (Wildman–Crippen LogP) is 3.15. The van der Waals surface area contributed by atoms with Crippen molar-refractivity contribution < 1.29 is 14.3 Å². The van der Waals surface area contributed by atoms with Crippen LogP contribution in [0, 0.1) is 6.92 Å². The molecule has 162 valence electrons. The minimum Gasteiger partial charge on any atom is -0.497 e. The molecule has 1 aliphatic rings. The van der Waals surface area contributed by atoms with Crippen molar-refractivity contribution in [1.82, 2.24) is 14.8 Å². The zero-order valence-electron chi connectivity index (χ0n) is 17.6. The number of nitrogens with zero attached hydrogens (tertiary/aromatic N) is 4. The summed E-state index contributed by atoms with van der Waals surface area (Å²) in [4.78, 5) is 14.7. The van der Waals surface area contributed by atoms with E-state index in [1.807, 2.05) is 41.0 Å². The summed E-state index contributed by atoms with van der Waals surface area (Å²) in [6, 6.07) is 15.4. The molecule has 1 aliphatic heterocycles. The highest BCUT2D eigenvalue weighted by Crippen LogP contribution is 2.29. The number of ether oxygens (including phenoxy) is 2. The van der Waals surface area contributed by atoms with Crippen LogP contribution < -0.4 is 15.0 Å². The van der Waals surface area contributed by atoms with Gasteiger partial charge < -0.3 is 19.7 Å². The van der Waals surface area contributed by atoms with Gasteiger partial charge in [0.25, 0.3) is 0 Å². The van der Waals surface area contributed by atoms with Gasteiger partial charge in [0, 0.05) is 24.8 Å². The summed E-state index contributed by atoms with van der Waals surface area (Å²) in [6.07, 6.45) is 0. The molecule has 31 heavy (non-hydrogen) atoms. The molecular formula is C22H25N5O3S. The van der Waals surface area contributed by atoms with Gasteiger partial charge >= 0.3 is 0 Å². The quantitative estimate of drug-likeness (QED) is 0.567. The summed E-state index contributed by atoms with van der Waals surface area (Å²) in [5.41, 5.74) is 2.81. The number of hydrogen-bond acceptors (Lipinski definition) is 7. The lowest BCUT2D eigenvalue weighted by atomic mass is 10.2. The van der Waals surface area contributed by atoms with Crippen LogP contribution in [0.5, 0.6) is 5.75 Å². The van der Waals surface area contributed by atoms with E-state index >= 15 is 0 Å². The highest BCUT2D eigenvalue weighted by molar-refractivity contribution is 7.99. The minimum atomic E-state index is -0.120. The number of aryl methyl sites for hydroxylation is 1. The number of aromatic nitrogens is 3. The highest BCUT2D eigenvalue weighted by Gasteiger charge is 2.23. The summed E-state index contributed by atoms with van der Waals surface area (Å²) >= 11 is 1.36. The Labute approximate surface area is 185 Å². The van der Waals surface area contributed by atoms with Crippen LogP contribution in [-0.4, -0.2) is 59.8 Å². The Morgan fingerprint density at radius 2 is 1.97 bits per heavy atom. The Balaban J connectivity index is 1.54. The third-order valence-electron chi connectivity index (χ3n) is 4.95. The summed E-state index contributed by atoms with van der Waals surface area (Å²) in [7, 11) is 1.60. The summed E-state index contributed by atoms with van der Waals surface area (Å²) in [5.74, 6) is 1.56. The summed E-state index contributed by atoms with van der Waals surface area (Å²) < 4.78 is 12.7. The van der Waals surface area contributed by atoms with E-state index in [1.165, 1.54) is 11.8 Å². The Morgan fingerprint density at radius 1 is 1.16 bits per heavy atom. The van der Waals surface area contributed by atoms with Gasteiger partial charge in [-0.2, -0.15) is 0 Å². The lowest BCUT2D eigenvalue weighted by molar-refractivity contribution is -0.113. The van der Waals surface area contributed by atoms with Crippen molar-refractivity contribution in [3.63, 3.8) is 0 Å². The maximum absolute atomic E-state index is 12.6. The average molecular weight is 440 g/mol. The highest BCUT2D eigenvalue weighted by atomic mass is 32.2. The fourth-order valence-electron chi connectivity index (χ4n) is 3.38. The van der Waals surface area contributed by atoms with Gasteiger partial charge in [-0.3, -0.25) is 9.36 Å². The van der Waals surface area contributed by atoms with Crippen LogP contribution in [0.1, 0.15) is 5.56 Å². The monoisotopic (exact) mass is 439 g/mol. The molecule has 0 unspecified atom stereocenters. The maximum Gasteiger partial charge on any atom is 0.234 e. The first-order chi connectivity index (χ1) is 15.2. The first kappa shape index (κ1) is 21.2. The molecule has 0 radical (unpaired) electrons. The van der Waals surface area contributed by atoms with E-state index in [0.29, 0.717) is 29.8 Å². The second-order valence-electron chi connectivity index (χ2n) is 7.07. The van der Waals surface area contributed by atoms with Crippen LogP contribution in [0.3, 0.4) is 0 Å². The number of nitrogens with one attached hydrogen (secondary N) is 1. The molecule has 0 bridgehead atoms. The number of methoxy groups -OCH3 is 1. The number of carbonyl (C=O) groups is 1. The number of anilines is 2. The molecule has 3 aromatic rings. The van der Waals surface area contributed by atoms with Crippen LogP contribution in [0.15, 0.2) is 53.7 Å². The van der Waals surface area contributed by atoms with E-state index in [-0.39, 0.29) is 11.7 Å². The van der Waals surface area contributed by atoms with Gasteiger partial charge in [-0.25, -0.2) is 0 Å². The number of thioether (sulfide) groups is 1. The third-order valence-corrected chi connectivity index (χ3v) is 5.88. The zero-order valence-corrected chi connectivity index (χ0v) is 18.4. The van der Waals surface area contributed by atoms with Crippen LogP contribution in [0.2, 0.25) is 0 Å². The molecule has 1 fully saturated rings. The van der Waals surface area contributed by atoms with Gasteiger partial charge in [0.05, 0.1) is 31.8 Å². The summed E-state index contributed by atoms with van der Waals surface area (Å²) in [6.45, 7) is 4.89. The number of para-hydroxylation sites is 1. The van der Waals surface area contributed by atoms with Gasteiger partial charge in [0.2, 0.25) is 11.9 Å². The van der Waals surface area contributed by atoms with Crippen molar-refractivity contribution in [3.05, 3.63) is 54.1 Å². The number of amides is 1. The van der Waals surface area contributed by atoms with Gasteiger partial charge in [0.1, 0.15) is 5.75 Å². The molecule has 0 atom stereocenters. The molecule has 0 saturated carbocycles. The molecule has 9 heteroatoms. The largest absolute Gasteiger partial charge is 0.497 e. The van der Waals surface area contributed by atoms with Crippen molar-refractivity contribution in [2.24, 2.45) is 0 Å². The molecule has 4 rings (SSSR count). The van der Waals surface area contributed by atoms with Crippen LogP contribution >= 0.6 is 11.8 Å². The topological polar surface area (TPSA) is 81.5 Å². The second-order valence-corrected chi connectivity index (χ2v) is 8.02. The standard InChI is InChI=1S/C22H25N5O3S/c1-16-6-3-4-9-19(16)27-21(26-10-12-30-13-11-26)24-25-22(27)31-15-20(28)23-17-7-5-8-18(14-17)29-2/h3-9,14H,10-13,15H2,1-2H3,(H,23,28). The van der Waals surface area contributed by atoms with E-state index in [0.717, 1.165) is 30.3 Å². The number of rotatable bonds is 7. The first-order valence-corrected chi connectivity index (χ1v) is 11.0. The zero-order chi connectivity index (χ0) is 21.6. The molecule has 8 nitrogen and oxygen atoms in total.